The smallest absolute Gasteiger partial charge is 0.315 e. The number of nitrogens with zero attached hydrogens (tertiary/aromatic N) is 5. The number of aryl methyl sites for hydroxylation is 1. The van der Waals surface area contributed by atoms with Crippen LogP contribution in [0, 0.1) is 12.8 Å². The largest absolute Gasteiger partial charge is 0.378 e. The van der Waals surface area contributed by atoms with Gasteiger partial charge < -0.3 is 15.0 Å². The highest BCUT2D eigenvalue weighted by atomic mass is 16.5. The average Bonchev–Trinajstić information content (AvgIpc) is 3.08. The van der Waals surface area contributed by atoms with E-state index in [0.717, 1.165) is 31.4 Å². The number of ether oxygens (including phenoxy) is 1. The molecule has 4 rings (SSSR count). The van der Waals surface area contributed by atoms with E-state index in [0.29, 0.717) is 32.0 Å². The number of carbonyl (C=O) groups is 3. The van der Waals surface area contributed by atoms with Crippen LogP contribution in [0.25, 0.3) is 0 Å². The Morgan fingerprint density at radius 3 is 2.79 bits per heavy atom. The van der Waals surface area contributed by atoms with Crippen LogP contribution in [0.15, 0.2) is 16.1 Å². The minimum absolute atomic E-state index is 0.125. The lowest BCUT2D eigenvalue weighted by molar-refractivity contribution is -0.145. The number of carbonyl (C=O) groups excluding carboxylic acids is 3. The van der Waals surface area contributed by atoms with Crippen molar-refractivity contribution in [2.45, 2.75) is 32.6 Å². The lowest BCUT2D eigenvalue weighted by atomic mass is 9.86. The SMILES string of the molecule is Cc1cc(NC(=O)C(=O)N2CCOCC2)n(C2=NC(=O)C3CCCCC3=N2)n1. The van der Waals surface area contributed by atoms with Crippen molar-refractivity contribution < 1.29 is 19.1 Å². The van der Waals surface area contributed by atoms with Crippen molar-refractivity contribution in [3.8, 4) is 0 Å². The predicted molar refractivity (Wildman–Crippen MR) is 100 cm³/mol. The normalized spacial score (nSPS) is 22.2. The molecule has 0 aromatic carbocycles. The molecule has 0 radical (unpaired) electrons. The predicted octanol–water partition coefficient (Wildman–Crippen LogP) is 0.364. The van der Waals surface area contributed by atoms with Crippen molar-refractivity contribution in [1.82, 2.24) is 14.7 Å². The Bertz CT molecular complexity index is 881. The maximum atomic E-state index is 12.4. The third-order valence-corrected chi connectivity index (χ3v) is 5.08. The van der Waals surface area contributed by atoms with E-state index in [1.807, 2.05) is 0 Å². The van der Waals surface area contributed by atoms with Crippen LogP contribution in [-0.2, 0) is 19.1 Å². The molecule has 0 bridgehead atoms. The highest BCUT2D eigenvalue weighted by molar-refractivity contribution is 6.39. The average molecular weight is 386 g/mol. The fourth-order valence-corrected chi connectivity index (χ4v) is 3.64. The molecule has 3 amide bonds. The first kappa shape index (κ1) is 18.5. The molecule has 1 atom stereocenters. The molecule has 10 heteroatoms. The minimum atomic E-state index is -0.769. The van der Waals surface area contributed by atoms with Crippen LogP contribution in [0.3, 0.4) is 0 Å². The van der Waals surface area contributed by atoms with Crippen molar-refractivity contribution >= 4 is 35.2 Å². The molecule has 1 aromatic heterocycles. The van der Waals surface area contributed by atoms with Gasteiger partial charge in [-0.2, -0.15) is 14.8 Å². The summed E-state index contributed by atoms with van der Waals surface area (Å²) in [6.45, 7) is 3.32. The van der Waals surface area contributed by atoms with Gasteiger partial charge in [0.05, 0.1) is 24.8 Å². The Balaban J connectivity index is 1.55. The van der Waals surface area contributed by atoms with Gasteiger partial charge in [-0.15, -0.1) is 0 Å². The Labute approximate surface area is 161 Å². The molecule has 3 heterocycles. The van der Waals surface area contributed by atoms with Crippen LogP contribution >= 0.6 is 0 Å². The van der Waals surface area contributed by atoms with Crippen LogP contribution < -0.4 is 5.32 Å². The van der Waals surface area contributed by atoms with Crippen LogP contribution in [0.2, 0.25) is 0 Å². The van der Waals surface area contributed by atoms with E-state index in [1.165, 1.54) is 9.58 Å². The van der Waals surface area contributed by atoms with Gasteiger partial charge in [-0.3, -0.25) is 14.4 Å². The van der Waals surface area contributed by atoms with E-state index in [2.05, 4.69) is 20.4 Å². The second-order valence-electron chi connectivity index (χ2n) is 7.09. The first-order valence-corrected chi connectivity index (χ1v) is 9.48. The van der Waals surface area contributed by atoms with E-state index >= 15 is 0 Å². The van der Waals surface area contributed by atoms with Gasteiger partial charge in [-0.25, -0.2) is 4.99 Å². The zero-order chi connectivity index (χ0) is 19.7. The Morgan fingerprint density at radius 2 is 2.00 bits per heavy atom. The second kappa shape index (κ2) is 7.63. The van der Waals surface area contributed by atoms with E-state index in [1.54, 1.807) is 13.0 Å². The minimum Gasteiger partial charge on any atom is -0.378 e. The number of amides is 3. The molecule has 1 unspecified atom stereocenters. The molecule has 2 aliphatic heterocycles. The third kappa shape index (κ3) is 3.59. The van der Waals surface area contributed by atoms with Crippen molar-refractivity contribution in [1.29, 1.82) is 0 Å². The number of anilines is 1. The van der Waals surface area contributed by atoms with Gasteiger partial charge in [0.1, 0.15) is 5.82 Å². The number of aliphatic imine (C=N–C) groups is 2. The van der Waals surface area contributed by atoms with Crippen LogP contribution in [0.5, 0.6) is 0 Å². The first-order valence-electron chi connectivity index (χ1n) is 9.48. The maximum absolute atomic E-state index is 12.4. The van der Waals surface area contributed by atoms with Crippen molar-refractivity contribution in [3.05, 3.63) is 11.8 Å². The van der Waals surface area contributed by atoms with Crippen molar-refractivity contribution in [2.24, 2.45) is 15.9 Å². The van der Waals surface area contributed by atoms with Crippen LogP contribution in [0.4, 0.5) is 5.82 Å². The summed E-state index contributed by atoms with van der Waals surface area (Å²) in [6.07, 6.45) is 3.51. The van der Waals surface area contributed by atoms with Gasteiger partial charge >= 0.3 is 11.8 Å². The van der Waals surface area contributed by atoms with Gasteiger partial charge in [0.2, 0.25) is 0 Å². The van der Waals surface area contributed by atoms with Gasteiger partial charge in [0.15, 0.2) is 0 Å². The number of aromatic nitrogens is 2. The van der Waals surface area contributed by atoms with Crippen molar-refractivity contribution in [2.75, 3.05) is 31.6 Å². The lowest BCUT2D eigenvalue weighted by Gasteiger charge is -2.26. The maximum Gasteiger partial charge on any atom is 0.315 e. The number of nitrogens with one attached hydrogen (secondary N) is 1. The topological polar surface area (TPSA) is 118 Å². The summed E-state index contributed by atoms with van der Waals surface area (Å²) in [5.74, 6) is -1.48. The summed E-state index contributed by atoms with van der Waals surface area (Å²) >= 11 is 0. The van der Waals surface area contributed by atoms with E-state index in [9.17, 15) is 14.4 Å². The van der Waals surface area contributed by atoms with Gasteiger partial charge in [0, 0.05) is 24.9 Å². The number of hydrogen-bond donors (Lipinski definition) is 1. The Hall–Kier alpha value is -2.88. The van der Waals surface area contributed by atoms with E-state index in [-0.39, 0.29) is 23.6 Å². The summed E-state index contributed by atoms with van der Waals surface area (Å²) in [4.78, 5) is 47.2. The highest BCUT2D eigenvalue weighted by Crippen LogP contribution is 2.26. The third-order valence-electron chi connectivity index (χ3n) is 5.08. The zero-order valence-corrected chi connectivity index (χ0v) is 15.7. The molecule has 148 valence electrons. The Kier molecular flexibility index (Phi) is 5.03. The summed E-state index contributed by atoms with van der Waals surface area (Å²) < 4.78 is 6.52. The van der Waals surface area contributed by atoms with Gasteiger partial charge in [0.25, 0.3) is 11.9 Å². The first-order chi connectivity index (χ1) is 13.5. The van der Waals surface area contributed by atoms with Crippen molar-refractivity contribution in [3.63, 3.8) is 0 Å². The van der Waals surface area contributed by atoms with Gasteiger partial charge in [-0.1, -0.05) is 6.42 Å². The molecule has 1 aliphatic carbocycles. The number of rotatable bonds is 1. The van der Waals surface area contributed by atoms with Gasteiger partial charge in [-0.05, 0) is 26.2 Å². The standard InChI is InChI=1S/C18H22N6O4/c1-11-10-14(20-16(26)17(27)23-6-8-28-9-7-23)24(22-11)18-19-13-5-3-2-4-12(13)15(25)21-18/h10,12H,2-9H2,1H3,(H,20,26). The van der Waals surface area contributed by atoms with Crippen LogP contribution in [0.1, 0.15) is 31.4 Å². The quantitative estimate of drug-likeness (QED) is 0.700. The number of hydrogen-bond acceptors (Lipinski definition) is 6. The molecular weight excluding hydrogens is 364 g/mol. The monoisotopic (exact) mass is 386 g/mol. The fourth-order valence-electron chi connectivity index (χ4n) is 3.64. The molecule has 28 heavy (non-hydrogen) atoms. The summed E-state index contributed by atoms with van der Waals surface area (Å²) in [5.41, 5.74) is 1.42. The molecule has 3 aliphatic rings. The molecular formula is C18H22N6O4. The summed E-state index contributed by atoms with van der Waals surface area (Å²) in [5, 5.41) is 6.88. The molecule has 10 nitrogen and oxygen atoms in total. The molecule has 1 saturated carbocycles. The summed E-state index contributed by atoms with van der Waals surface area (Å²) in [6, 6.07) is 1.62. The molecule has 1 saturated heterocycles. The molecule has 1 N–H and O–H groups in total. The molecule has 0 spiro atoms. The second-order valence-corrected chi connectivity index (χ2v) is 7.09. The fraction of sp³-hybridized carbons (Fsp3) is 0.556. The van der Waals surface area contributed by atoms with E-state index < -0.39 is 11.8 Å². The Morgan fingerprint density at radius 1 is 1.21 bits per heavy atom. The molecule has 1 aromatic rings. The number of fused-ring (bicyclic) bond motifs is 1. The lowest BCUT2D eigenvalue weighted by Crippen LogP contribution is -2.46. The highest BCUT2D eigenvalue weighted by Gasteiger charge is 2.32. The zero-order valence-electron chi connectivity index (χ0n) is 15.7. The van der Waals surface area contributed by atoms with E-state index in [4.69, 9.17) is 4.74 Å². The number of morpholine rings is 1. The summed E-state index contributed by atoms with van der Waals surface area (Å²) in [7, 11) is 0. The van der Waals surface area contributed by atoms with Crippen LogP contribution in [-0.4, -0.2) is 70.4 Å². The molecule has 2 fully saturated rings.